The number of rotatable bonds is 8. The molecule has 45 heavy (non-hydrogen) atoms. The molecule has 3 aromatic rings. The molecule has 2 heterocycles. The fourth-order valence-electron chi connectivity index (χ4n) is 6.55. The molecule has 10 nitrogen and oxygen atoms in total. The van der Waals surface area contributed by atoms with Crippen LogP contribution >= 0.6 is 0 Å². The second-order valence-corrected chi connectivity index (χ2v) is 12.9. The van der Waals surface area contributed by atoms with E-state index in [9.17, 15) is 19.5 Å². The lowest BCUT2D eigenvalue weighted by Crippen LogP contribution is -2.50. The molecule has 3 atom stereocenters. The Hall–Kier alpha value is -4.05. The summed E-state index contributed by atoms with van der Waals surface area (Å²) in [5.74, 6) is 0.136. The van der Waals surface area contributed by atoms with E-state index in [1.54, 1.807) is 35.0 Å². The van der Waals surface area contributed by atoms with Gasteiger partial charge in [-0.1, -0.05) is 44.4 Å². The summed E-state index contributed by atoms with van der Waals surface area (Å²) < 4.78 is 8.59. The number of urea groups is 1. The van der Waals surface area contributed by atoms with Gasteiger partial charge in [0.25, 0.3) is 0 Å². The van der Waals surface area contributed by atoms with Crippen LogP contribution in [0.2, 0.25) is 0 Å². The van der Waals surface area contributed by atoms with E-state index in [4.69, 9.17) is 4.74 Å². The van der Waals surface area contributed by atoms with Gasteiger partial charge in [-0.2, -0.15) is 0 Å². The molecule has 0 unspecified atom stereocenters. The molecule has 3 N–H and O–H groups in total. The van der Waals surface area contributed by atoms with Gasteiger partial charge in [-0.05, 0) is 49.6 Å². The van der Waals surface area contributed by atoms with Crippen LogP contribution in [0.1, 0.15) is 57.1 Å². The third kappa shape index (κ3) is 7.79. The number of para-hydroxylation sites is 1. The molecule has 1 fully saturated rings. The number of fused-ring (bicyclic) bond motifs is 2. The van der Waals surface area contributed by atoms with Crippen molar-refractivity contribution >= 4 is 34.4 Å². The number of ether oxygens (including phenoxy) is 1. The number of aromatic nitrogens is 1. The molecule has 1 aromatic heterocycles. The average molecular weight is 618 g/mol. The van der Waals surface area contributed by atoms with Gasteiger partial charge in [-0.3, -0.25) is 9.59 Å². The molecule has 1 aliphatic heterocycles. The number of nitrogens with one attached hydrogen (secondary N) is 2. The Morgan fingerprint density at radius 2 is 1.89 bits per heavy atom. The summed E-state index contributed by atoms with van der Waals surface area (Å²) in [6.45, 7) is 4.39. The molecule has 2 aliphatic rings. The molecule has 2 aromatic carbocycles. The first-order chi connectivity index (χ1) is 21.6. The van der Waals surface area contributed by atoms with Crippen molar-refractivity contribution in [2.24, 2.45) is 13.0 Å². The van der Waals surface area contributed by atoms with Gasteiger partial charge in [0.1, 0.15) is 11.9 Å². The number of amides is 4. The van der Waals surface area contributed by atoms with Crippen molar-refractivity contribution in [3.8, 4) is 5.75 Å². The highest BCUT2D eigenvalue weighted by molar-refractivity contribution is 5.96. The third-order valence-corrected chi connectivity index (χ3v) is 9.26. The van der Waals surface area contributed by atoms with Gasteiger partial charge in [0.15, 0.2) is 0 Å². The lowest BCUT2D eigenvalue weighted by Gasteiger charge is -2.34. The predicted octanol–water partition coefficient (Wildman–Crippen LogP) is 4.48. The molecule has 1 aliphatic carbocycles. The zero-order valence-electron chi connectivity index (χ0n) is 26.9. The first-order valence-electron chi connectivity index (χ1n) is 16.2. The maximum atomic E-state index is 13.6. The molecule has 0 spiro atoms. The summed E-state index contributed by atoms with van der Waals surface area (Å²) in [6, 6.07) is 13.1. The predicted molar refractivity (Wildman–Crippen MR) is 175 cm³/mol. The molecule has 5 rings (SSSR count). The molecule has 1 saturated carbocycles. The maximum absolute atomic E-state index is 13.6. The van der Waals surface area contributed by atoms with Crippen molar-refractivity contribution in [1.29, 1.82) is 0 Å². The summed E-state index contributed by atoms with van der Waals surface area (Å²) in [5.41, 5.74) is 3.22. The van der Waals surface area contributed by atoms with Crippen LogP contribution in [-0.2, 0) is 29.5 Å². The molecular weight excluding hydrogens is 570 g/mol. The fourth-order valence-corrected chi connectivity index (χ4v) is 6.55. The van der Waals surface area contributed by atoms with Gasteiger partial charge in [-0.25, -0.2) is 4.79 Å². The van der Waals surface area contributed by atoms with Crippen molar-refractivity contribution in [2.45, 2.75) is 77.0 Å². The molecular formula is C35H47N5O5. The maximum Gasteiger partial charge on any atom is 0.317 e. The van der Waals surface area contributed by atoms with Gasteiger partial charge in [0.05, 0.1) is 32.0 Å². The zero-order valence-corrected chi connectivity index (χ0v) is 26.9. The summed E-state index contributed by atoms with van der Waals surface area (Å²) in [4.78, 5) is 43.2. The Morgan fingerprint density at radius 1 is 1.13 bits per heavy atom. The van der Waals surface area contributed by atoms with E-state index in [0.29, 0.717) is 30.1 Å². The number of aliphatic hydroxyl groups is 1. The second kappa shape index (κ2) is 14.4. The van der Waals surface area contributed by atoms with Crippen LogP contribution < -0.4 is 15.4 Å². The van der Waals surface area contributed by atoms with Crippen LogP contribution in [0.15, 0.2) is 48.7 Å². The third-order valence-electron chi connectivity index (χ3n) is 9.26. The van der Waals surface area contributed by atoms with Crippen LogP contribution in [-0.4, -0.2) is 82.3 Å². The number of aryl methyl sites for hydroxylation is 1. The largest absolute Gasteiger partial charge is 0.488 e. The van der Waals surface area contributed by atoms with E-state index in [0.717, 1.165) is 42.1 Å². The van der Waals surface area contributed by atoms with Crippen LogP contribution in [0.3, 0.4) is 0 Å². The van der Waals surface area contributed by atoms with E-state index in [1.807, 2.05) is 55.9 Å². The molecule has 242 valence electrons. The summed E-state index contributed by atoms with van der Waals surface area (Å²) >= 11 is 0. The summed E-state index contributed by atoms with van der Waals surface area (Å²) in [6.07, 6.45) is 7.32. The second-order valence-electron chi connectivity index (χ2n) is 12.9. The van der Waals surface area contributed by atoms with E-state index in [2.05, 4.69) is 10.6 Å². The molecule has 0 bridgehead atoms. The van der Waals surface area contributed by atoms with Gasteiger partial charge >= 0.3 is 6.03 Å². The first kappa shape index (κ1) is 32.3. The number of benzene rings is 2. The average Bonchev–Trinajstić information content (AvgIpc) is 3.36. The van der Waals surface area contributed by atoms with Crippen LogP contribution in [0.4, 0.5) is 10.5 Å². The summed E-state index contributed by atoms with van der Waals surface area (Å²) in [5, 5.41) is 17.2. The van der Waals surface area contributed by atoms with Crippen LogP contribution in [0.25, 0.3) is 10.9 Å². The van der Waals surface area contributed by atoms with Gasteiger partial charge in [0, 0.05) is 61.0 Å². The minimum absolute atomic E-state index is 0.0597. The monoisotopic (exact) mass is 617 g/mol. The van der Waals surface area contributed by atoms with E-state index < -0.39 is 6.10 Å². The quantitative estimate of drug-likeness (QED) is 0.345. The highest BCUT2D eigenvalue weighted by Gasteiger charge is 2.32. The molecule has 0 radical (unpaired) electrons. The number of carbonyl (C=O) groups excluding carboxylic acids is 3. The Labute approximate surface area is 265 Å². The number of hydrogen-bond acceptors (Lipinski definition) is 5. The van der Waals surface area contributed by atoms with Crippen LogP contribution in [0.5, 0.6) is 5.75 Å². The van der Waals surface area contributed by atoms with E-state index in [-0.39, 0.29) is 55.3 Å². The number of nitrogens with zero attached hydrogens (tertiary/aromatic N) is 3. The van der Waals surface area contributed by atoms with Crippen molar-refractivity contribution in [3.63, 3.8) is 0 Å². The number of carbonyl (C=O) groups is 3. The Morgan fingerprint density at radius 3 is 2.64 bits per heavy atom. The van der Waals surface area contributed by atoms with Crippen molar-refractivity contribution < 1.29 is 24.2 Å². The smallest absolute Gasteiger partial charge is 0.317 e. The SMILES string of the molecule is C[C@@H]1CN([C@H](C)CO)C(=O)Cc2cc(NC(=O)Cc3cn(C)c4ccccc34)ccc2O[C@H]1CN(C)C(=O)NC1CCCCC1. The molecule has 0 saturated heterocycles. The highest BCUT2D eigenvalue weighted by Crippen LogP contribution is 2.30. The topological polar surface area (TPSA) is 116 Å². The van der Waals surface area contributed by atoms with Gasteiger partial charge < -0.3 is 34.8 Å². The standard InChI is InChI=1S/C35H47N5O5/c1-23-19-40(24(2)22-41)34(43)18-25-16-28(36-33(42)17-26-20-38(3)30-13-9-8-12-29(26)30)14-15-31(25)45-32(23)21-39(4)35(44)37-27-10-6-5-7-11-27/h8-9,12-16,20,23-24,27,32,41H,5-7,10-11,17-19,21-22H2,1-4H3,(H,36,42)(H,37,44)/t23-,24-,32+/m1/s1. The highest BCUT2D eigenvalue weighted by atomic mass is 16.5. The number of anilines is 1. The summed E-state index contributed by atoms with van der Waals surface area (Å²) in [7, 11) is 3.74. The van der Waals surface area contributed by atoms with Crippen LogP contribution in [0, 0.1) is 5.92 Å². The Bertz CT molecular complexity index is 1510. The van der Waals surface area contributed by atoms with Gasteiger partial charge in [0.2, 0.25) is 11.8 Å². The lowest BCUT2D eigenvalue weighted by atomic mass is 9.96. The minimum Gasteiger partial charge on any atom is -0.488 e. The number of hydrogen-bond donors (Lipinski definition) is 3. The van der Waals surface area contributed by atoms with Crippen molar-refractivity contribution in [2.75, 3.05) is 32.1 Å². The Balaban J connectivity index is 1.34. The zero-order chi connectivity index (χ0) is 32.1. The number of aliphatic hydroxyl groups excluding tert-OH is 1. The number of likely N-dealkylation sites (N-methyl/N-ethyl adjacent to an activating group) is 1. The molecule has 10 heteroatoms. The Kier molecular flexibility index (Phi) is 10.3. The van der Waals surface area contributed by atoms with E-state index in [1.165, 1.54) is 6.42 Å². The first-order valence-corrected chi connectivity index (χ1v) is 16.2. The fraction of sp³-hybridized carbons (Fsp3) is 0.514. The molecule has 4 amide bonds. The van der Waals surface area contributed by atoms with Gasteiger partial charge in [-0.15, -0.1) is 0 Å². The van der Waals surface area contributed by atoms with Crippen molar-refractivity contribution in [1.82, 2.24) is 19.7 Å². The van der Waals surface area contributed by atoms with Crippen molar-refractivity contribution in [3.05, 3.63) is 59.8 Å². The normalized spacial score (nSPS) is 19.9. The lowest BCUT2D eigenvalue weighted by molar-refractivity contribution is -0.134. The van der Waals surface area contributed by atoms with E-state index >= 15 is 0 Å². The minimum atomic E-state index is -0.406.